The minimum Gasteiger partial charge on any atom is -0.496 e. The molecule has 1 atom stereocenters. The average Bonchev–Trinajstić information content (AvgIpc) is 2.49. The van der Waals surface area contributed by atoms with Gasteiger partial charge in [-0.25, -0.2) is 4.79 Å². The van der Waals surface area contributed by atoms with Crippen LogP contribution in [-0.2, 0) is 16.1 Å². The molecule has 25 heavy (non-hydrogen) atoms. The number of nitrogens with one attached hydrogen (secondary N) is 2. The molecule has 6 nitrogen and oxygen atoms in total. The zero-order chi connectivity index (χ0) is 19.0. The van der Waals surface area contributed by atoms with E-state index in [1.165, 1.54) is 0 Å². The Morgan fingerprint density at radius 2 is 1.80 bits per heavy atom. The summed E-state index contributed by atoms with van der Waals surface area (Å²) in [5.74, 6) is 0.714. The Hall–Kier alpha value is -2.24. The van der Waals surface area contributed by atoms with Gasteiger partial charge in [0.2, 0.25) is 5.91 Å². The molecule has 1 rings (SSSR count). The van der Waals surface area contributed by atoms with Crippen molar-refractivity contribution in [2.45, 2.75) is 59.2 Å². The molecule has 0 fully saturated rings. The summed E-state index contributed by atoms with van der Waals surface area (Å²) in [6.45, 7) is 9.67. The van der Waals surface area contributed by atoms with E-state index in [0.717, 1.165) is 5.56 Å². The van der Waals surface area contributed by atoms with Crippen LogP contribution in [-0.4, -0.2) is 30.8 Å². The van der Waals surface area contributed by atoms with Gasteiger partial charge in [-0.1, -0.05) is 32.0 Å². The summed E-state index contributed by atoms with van der Waals surface area (Å²) in [5.41, 5.74) is 0.263. The summed E-state index contributed by atoms with van der Waals surface area (Å²) in [7, 11) is 1.59. The molecular weight excluding hydrogens is 320 g/mol. The molecule has 0 saturated carbocycles. The van der Waals surface area contributed by atoms with Gasteiger partial charge >= 0.3 is 6.09 Å². The van der Waals surface area contributed by atoms with Crippen LogP contribution in [0, 0.1) is 5.92 Å². The zero-order valence-corrected chi connectivity index (χ0v) is 16.0. The number of benzene rings is 1. The van der Waals surface area contributed by atoms with Crippen LogP contribution in [0.4, 0.5) is 4.79 Å². The molecule has 2 N–H and O–H groups in total. The number of hydrogen-bond donors (Lipinski definition) is 2. The second-order valence-electron chi connectivity index (χ2n) is 7.36. The van der Waals surface area contributed by atoms with E-state index in [2.05, 4.69) is 10.6 Å². The SMILES string of the molecule is COc1ccccc1CNC(=O)C(CC(C)C)NC(=O)OC(C)(C)C. The maximum absolute atomic E-state index is 12.5. The number of carbonyl (C=O) groups is 2. The van der Waals surface area contributed by atoms with E-state index in [0.29, 0.717) is 18.7 Å². The first-order valence-corrected chi connectivity index (χ1v) is 8.51. The zero-order valence-electron chi connectivity index (χ0n) is 16.0. The molecule has 0 aromatic heterocycles. The lowest BCUT2D eigenvalue weighted by Gasteiger charge is -2.24. The molecule has 0 heterocycles. The highest BCUT2D eigenvalue weighted by Crippen LogP contribution is 2.17. The monoisotopic (exact) mass is 350 g/mol. The summed E-state index contributed by atoms with van der Waals surface area (Å²) in [4.78, 5) is 24.5. The first-order valence-electron chi connectivity index (χ1n) is 8.51. The summed E-state index contributed by atoms with van der Waals surface area (Å²) in [5, 5.41) is 5.52. The molecule has 140 valence electrons. The van der Waals surface area contributed by atoms with E-state index in [-0.39, 0.29) is 11.8 Å². The van der Waals surface area contributed by atoms with Gasteiger partial charge < -0.3 is 20.1 Å². The van der Waals surface area contributed by atoms with Crippen molar-refractivity contribution in [2.75, 3.05) is 7.11 Å². The number of methoxy groups -OCH3 is 1. The molecule has 0 bridgehead atoms. The third-order valence-electron chi connectivity index (χ3n) is 3.36. The van der Waals surface area contributed by atoms with Crippen LogP contribution in [0.2, 0.25) is 0 Å². The van der Waals surface area contributed by atoms with Crippen molar-refractivity contribution in [1.29, 1.82) is 0 Å². The summed E-state index contributed by atoms with van der Waals surface area (Å²) in [6, 6.07) is 6.83. The van der Waals surface area contributed by atoms with Crippen LogP contribution in [0.5, 0.6) is 5.75 Å². The van der Waals surface area contributed by atoms with Crippen molar-refractivity contribution in [3.05, 3.63) is 29.8 Å². The molecule has 0 spiro atoms. The Balaban J connectivity index is 2.71. The predicted octanol–water partition coefficient (Wildman–Crippen LogP) is 3.25. The quantitative estimate of drug-likeness (QED) is 0.791. The van der Waals surface area contributed by atoms with Crippen molar-refractivity contribution in [3.63, 3.8) is 0 Å². The van der Waals surface area contributed by atoms with Gasteiger partial charge in [0.25, 0.3) is 0 Å². The molecule has 6 heteroatoms. The second kappa shape index (κ2) is 9.30. The van der Waals surface area contributed by atoms with E-state index in [9.17, 15) is 9.59 Å². The third kappa shape index (κ3) is 7.92. The van der Waals surface area contributed by atoms with Crippen LogP contribution in [0.15, 0.2) is 24.3 Å². The minimum atomic E-state index is -0.649. The largest absolute Gasteiger partial charge is 0.496 e. The average molecular weight is 350 g/mol. The molecule has 0 aliphatic carbocycles. The summed E-state index contributed by atoms with van der Waals surface area (Å²) in [6.07, 6.45) is -0.0672. The molecule has 0 radical (unpaired) electrons. The van der Waals surface area contributed by atoms with Gasteiger partial charge in [-0.2, -0.15) is 0 Å². The number of para-hydroxylation sites is 1. The number of alkyl carbamates (subject to hydrolysis) is 1. The van der Waals surface area contributed by atoms with Crippen LogP contribution in [0.1, 0.15) is 46.6 Å². The molecule has 1 unspecified atom stereocenters. The summed E-state index contributed by atoms with van der Waals surface area (Å²) < 4.78 is 10.5. The van der Waals surface area contributed by atoms with Crippen LogP contribution < -0.4 is 15.4 Å². The van der Waals surface area contributed by atoms with Crippen molar-refractivity contribution in [1.82, 2.24) is 10.6 Å². The van der Waals surface area contributed by atoms with E-state index >= 15 is 0 Å². The number of amides is 2. The first-order chi connectivity index (χ1) is 11.6. The standard InChI is InChI=1S/C19H30N2O4/c1-13(2)11-15(21-18(23)25-19(3,4)5)17(22)20-12-14-9-7-8-10-16(14)24-6/h7-10,13,15H,11-12H2,1-6H3,(H,20,22)(H,21,23). The van der Waals surface area contributed by atoms with Crippen LogP contribution >= 0.6 is 0 Å². The fourth-order valence-electron chi connectivity index (χ4n) is 2.31. The highest BCUT2D eigenvalue weighted by Gasteiger charge is 2.25. The lowest BCUT2D eigenvalue weighted by atomic mass is 10.0. The van der Waals surface area contributed by atoms with Gasteiger partial charge in [-0.15, -0.1) is 0 Å². The Labute approximate surface area is 150 Å². The number of ether oxygens (including phenoxy) is 2. The first kappa shape index (κ1) is 20.8. The van der Waals surface area contributed by atoms with E-state index in [1.54, 1.807) is 27.9 Å². The number of rotatable bonds is 7. The fraction of sp³-hybridized carbons (Fsp3) is 0.579. The maximum Gasteiger partial charge on any atom is 0.408 e. The van der Waals surface area contributed by atoms with E-state index in [4.69, 9.17) is 9.47 Å². The highest BCUT2D eigenvalue weighted by molar-refractivity contribution is 5.85. The molecular formula is C19H30N2O4. The molecule has 1 aromatic rings. The Bertz CT molecular complexity index is 579. The lowest BCUT2D eigenvalue weighted by molar-refractivity contribution is -0.123. The number of carbonyl (C=O) groups excluding carboxylic acids is 2. The number of hydrogen-bond acceptors (Lipinski definition) is 4. The molecule has 0 aliphatic heterocycles. The summed E-state index contributed by atoms with van der Waals surface area (Å²) >= 11 is 0. The second-order valence-corrected chi connectivity index (χ2v) is 7.36. The normalized spacial score (nSPS) is 12.4. The van der Waals surface area contributed by atoms with Gasteiger partial charge in [0.15, 0.2) is 0 Å². The molecule has 0 aliphatic rings. The van der Waals surface area contributed by atoms with Gasteiger partial charge in [0.05, 0.1) is 7.11 Å². The van der Waals surface area contributed by atoms with Crippen molar-refractivity contribution in [3.8, 4) is 5.75 Å². The smallest absolute Gasteiger partial charge is 0.408 e. The lowest BCUT2D eigenvalue weighted by Crippen LogP contribution is -2.48. The van der Waals surface area contributed by atoms with Gasteiger partial charge in [0, 0.05) is 12.1 Å². The van der Waals surface area contributed by atoms with Crippen molar-refractivity contribution in [2.24, 2.45) is 5.92 Å². The van der Waals surface area contributed by atoms with Crippen LogP contribution in [0.3, 0.4) is 0 Å². The third-order valence-corrected chi connectivity index (χ3v) is 3.36. The fourth-order valence-corrected chi connectivity index (χ4v) is 2.31. The van der Waals surface area contributed by atoms with E-state index in [1.807, 2.05) is 38.1 Å². The van der Waals surface area contributed by atoms with Gasteiger partial charge in [0.1, 0.15) is 17.4 Å². The van der Waals surface area contributed by atoms with Crippen molar-refractivity contribution < 1.29 is 19.1 Å². The van der Waals surface area contributed by atoms with Crippen molar-refractivity contribution >= 4 is 12.0 Å². The van der Waals surface area contributed by atoms with Crippen LogP contribution in [0.25, 0.3) is 0 Å². The topological polar surface area (TPSA) is 76.7 Å². The van der Waals surface area contributed by atoms with Gasteiger partial charge in [-0.3, -0.25) is 4.79 Å². The Morgan fingerprint density at radius 3 is 2.36 bits per heavy atom. The van der Waals surface area contributed by atoms with E-state index < -0.39 is 17.7 Å². The highest BCUT2D eigenvalue weighted by atomic mass is 16.6. The molecule has 0 saturated heterocycles. The molecule has 2 amide bonds. The minimum absolute atomic E-state index is 0.245. The predicted molar refractivity (Wildman–Crippen MR) is 97.5 cm³/mol. The van der Waals surface area contributed by atoms with Gasteiger partial charge in [-0.05, 0) is 39.2 Å². The Morgan fingerprint density at radius 1 is 1.16 bits per heavy atom. The Kier molecular flexibility index (Phi) is 7.74. The maximum atomic E-state index is 12.5. The molecule has 1 aromatic carbocycles.